The fraction of sp³-hybridized carbons (Fsp3) is 0.0625. The van der Waals surface area contributed by atoms with Crippen LogP contribution in [0.2, 0.25) is 0 Å². The summed E-state index contributed by atoms with van der Waals surface area (Å²) in [5, 5.41) is 1.95. The van der Waals surface area contributed by atoms with Crippen LogP contribution in [0.25, 0.3) is 10.9 Å². The third-order valence-corrected chi connectivity index (χ3v) is 4.07. The average Bonchev–Trinajstić information content (AvgIpc) is 2.49. The lowest BCUT2D eigenvalue weighted by Gasteiger charge is -2.08. The van der Waals surface area contributed by atoms with Gasteiger partial charge < -0.3 is 5.73 Å². The van der Waals surface area contributed by atoms with E-state index >= 15 is 0 Å². The van der Waals surface area contributed by atoms with Gasteiger partial charge in [-0.3, -0.25) is 0 Å². The Bertz CT molecular complexity index is 741. The molecule has 0 saturated heterocycles. The lowest BCUT2D eigenvalue weighted by molar-refractivity contribution is 0.626. The highest BCUT2D eigenvalue weighted by molar-refractivity contribution is 7.99. The Morgan fingerprint density at radius 1 is 1.05 bits per heavy atom. The predicted molar refractivity (Wildman–Crippen MR) is 80.2 cm³/mol. The van der Waals surface area contributed by atoms with E-state index in [0.717, 1.165) is 26.4 Å². The van der Waals surface area contributed by atoms with E-state index in [1.54, 1.807) is 12.1 Å². The number of hydrogen-bond donors (Lipinski definition) is 1. The van der Waals surface area contributed by atoms with Crippen LogP contribution < -0.4 is 5.73 Å². The van der Waals surface area contributed by atoms with Gasteiger partial charge in [0.2, 0.25) is 0 Å². The fourth-order valence-electron chi connectivity index (χ4n) is 1.99. The molecule has 0 radical (unpaired) electrons. The molecule has 0 atom stereocenters. The van der Waals surface area contributed by atoms with Crippen molar-refractivity contribution in [3.8, 4) is 0 Å². The third-order valence-electron chi connectivity index (χ3n) is 3.01. The summed E-state index contributed by atoms with van der Waals surface area (Å²) in [6.45, 7) is 0.432. The molecular formula is C16H13FN2S. The zero-order valence-corrected chi connectivity index (χ0v) is 11.5. The van der Waals surface area contributed by atoms with Crippen molar-refractivity contribution in [1.82, 2.24) is 4.98 Å². The molecule has 0 aliphatic carbocycles. The van der Waals surface area contributed by atoms with Crippen molar-refractivity contribution in [2.45, 2.75) is 16.5 Å². The first-order valence-electron chi connectivity index (χ1n) is 6.28. The number of fused-ring (bicyclic) bond motifs is 1. The van der Waals surface area contributed by atoms with E-state index in [1.165, 1.54) is 23.9 Å². The molecule has 2 nitrogen and oxygen atoms in total. The number of aromatic nitrogens is 1. The summed E-state index contributed by atoms with van der Waals surface area (Å²) in [5.74, 6) is -0.236. The number of rotatable bonds is 3. The molecule has 2 N–H and O–H groups in total. The van der Waals surface area contributed by atoms with E-state index in [4.69, 9.17) is 5.73 Å². The first-order chi connectivity index (χ1) is 9.76. The van der Waals surface area contributed by atoms with Gasteiger partial charge in [-0.25, -0.2) is 9.37 Å². The van der Waals surface area contributed by atoms with Gasteiger partial charge in [0.25, 0.3) is 0 Å². The Hall–Kier alpha value is -1.91. The number of pyridine rings is 1. The van der Waals surface area contributed by atoms with Crippen molar-refractivity contribution < 1.29 is 4.39 Å². The van der Waals surface area contributed by atoms with Gasteiger partial charge in [-0.2, -0.15) is 0 Å². The maximum atomic E-state index is 12.9. The van der Waals surface area contributed by atoms with E-state index in [2.05, 4.69) is 11.1 Å². The van der Waals surface area contributed by atoms with E-state index in [-0.39, 0.29) is 5.82 Å². The number of para-hydroxylation sites is 1. The van der Waals surface area contributed by atoms with Gasteiger partial charge in [-0.15, -0.1) is 0 Å². The molecule has 1 aromatic heterocycles. The Labute approximate surface area is 120 Å². The zero-order chi connectivity index (χ0) is 13.9. The highest BCUT2D eigenvalue weighted by Crippen LogP contribution is 2.30. The molecule has 0 aliphatic rings. The summed E-state index contributed by atoms with van der Waals surface area (Å²) in [6, 6.07) is 16.4. The van der Waals surface area contributed by atoms with Crippen LogP contribution in [-0.4, -0.2) is 4.98 Å². The number of hydrogen-bond acceptors (Lipinski definition) is 3. The van der Waals surface area contributed by atoms with Crippen molar-refractivity contribution >= 4 is 22.7 Å². The average molecular weight is 284 g/mol. The topological polar surface area (TPSA) is 38.9 Å². The second-order valence-corrected chi connectivity index (χ2v) is 5.47. The minimum absolute atomic E-state index is 0.236. The Morgan fingerprint density at radius 2 is 1.80 bits per heavy atom. The number of nitrogens with zero attached hydrogens (tertiary/aromatic N) is 1. The molecule has 20 heavy (non-hydrogen) atoms. The van der Waals surface area contributed by atoms with Crippen LogP contribution in [0.15, 0.2) is 64.5 Å². The molecule has 0 aliphatic heterocycles. The quantitative estimate of drug-likeness (QED) is 0.790. The highest BCUT2D eigenvalue weighted by Gasteiger charge is 2.07. The van der Waals surface area contributed by atoms with Crippen LogP contribution in [0.3, 0.4) is 0 Å². The van der Waals surface area contributed by atoms with Gasteiger partial charge in [0.1, 0.15) is 10.8 Å². The van der Waals surface area contributed by atoms with Crippen molar-refractivity contribution in [3.05, 3.63) is 66.0 Å². The van der Waals surface area contributed by atoms with Crippen LogP contribution in [0.4, 0.5) is 4.39 Å². The minimum atomic E-state index is -0.236. The molecule has 0 unspecified atom stereocenters. The van der Waals surface area contributed by atoms with E-state index in [1.807, 2.05) is 24.3 Å². The van der Waals surface area contributed by atoms with Crippen molar-refractivity contribution in [2.75, 3.05) is 0 Å². The molecular weight excluding hydrogens is 271 g/mol. The van der Waals surface area contributed by atoms with Gasteiger partial charge in [0.15, 0.2) is 0 Å². The summed E-state index contributed by atoms with van der Waals surface area (Å²) in [4.78, 5) is 5.60. The summed E-state index contributed by atoms with van der Waals surface area (Å²) in [6.07, 6.45) is 0. The summed E-state index contributed by atoms with van der Waals surface area (Å²) >= 11 is 1.50. The Balaban J connectivity index is 2.03. The van der Waals surface area contributed by atoms with Gasteiger partial charge in [0, 0.05) is 16.8 Å². The largest absolute Gasteiger partial charge is 0.326 e. The molecule has 3 rings (SSSR count). The number of halogens is 1. The van der Waals surface area contributed by atoms with Gasteiger partial charge in [-0.05, 0) is 42.0 Å². The summed E-state index contributed by atoms with van der Waals surface area (Å²) in [5.41, 5.74) is 7.74. The molecule has 0 fully saturated rings. The van der Waals surface area contributed by atoms with E-state index in [0.29, 0.717) is 6.54 Å². The van der Waals surface area contributed by atoms with Gasteiger partial charge in [0.05, 0.1) is 5.52 Å². The second kappa shape index (κ2) is 5.61. The van der Waals surface area contributed by atoms with Crippen LogP contribution in [0.5, 0.6) is 0 Å². The first-order valence-corrected chi connectivity index (χ1v) is 7.10. The smallest absolute Gasteiger partial charge is 0.123 e. The maximum absolute atomic E-state index is 12.9. The van der Waals surface area contributed by atoms with E-state index in [9.17, 15) is 4.39 Å². The second-order valence-electron chi connectivity index (χ2n) is 4.41. The fourth-order valence-corrected chi connectivity index (χ4v) is 2.90. The monoisotopic (exact) mass is 284 g/mol. The molecule has 0 spiro atoms. The molecule has 2 aromatic carbocycles. The van der Waals surface area contributed by atoms with Gasteiger partial charge in [-0.1, -0.05) is 30.0 Å². The summed E-state index contributed by atoms with van der Waals surface area (Å²) in [7, 11) is 0. The Kier molecular flexibility index (Phi) is 3.67. The molecule has 0 bridgehead atoms. The van der Waals surface area contributed by atoms with Crippen molar-refractivity contribution in [2.24, 2.45) is 5.73 Å². The molecule has 3 aromatic rings. The summed E-state index contributed by atoms with van der Waals surface area (Å²) < 4.78 is 12.9. The SMILES string of the molecule is NCc1cc2ccccc2nc1Sc1ccc(F)cc1. The van der Waals surface area contributed by atoms with Crippen LogP contribution in [0.1, 0.15) is 5.56 Å². The molecule has 100 valence electrons. The molecule has 0 saturated carbocycles. The van der Waals surface area contributed by atoms with Crippen LogP contribution in [0, 0.1) is 5.82 Å². The van der Waals surface area contributed by atoms with Gasteiger partial charge >= 0.3 is 0 Å². The van der Waals surface area contributed by atoms with Crippen molar-refractivity contribution in [3.63, 3.8) is 0 Å². The zero-order valence-electron chi connectivity index (χ0n) is 10.7. The number of nitrogens with two attached hydrogens (primary N) is 1. The van der Waals surface area contributed by atoms with Crippen LogP contribution >= 0.6 is 11.8 Å². The third kappa shape index (κ3) is 2.66. The predicted octanol–water partition coefficient (Wildman–Crippen LogP) is 3.98. The molecule has 4 heteroatoms. The van der Waals surface area contributed by atoms with Crippen molar-refractivity contribution in [1.29, 1.82) is 0 Å². The van der Waals surface area contributed by atoms with E-state index < -0.39 is 0 Å². The lowest BCUT2D eigenvalue weighted by atomic mass is 10.1. The lowest BCUT2D eigenvalue weighted by Crippen LogP contribution is -2.00. The van der Waals surface area contributed by atoms with Crippen LogP contribution in [-0.2, 0) is 6.54 Å². The normalized spacial score (nSPS) is 10.9. The number of benzene rings is 2. The Morgan fingerprint density at radius 3 is 2.55 bits per heavy atom. The highest BCUT2D eigenvalue weighted by atomic mass is 32.2. The molecule has 0 amide bonds. The standard InChI is InChI=1S/C16H13FN2S/c17-13-5-7-14(8-6-13)20-16-12(10-18)9-11-3-1-2-4-15(11)19-16/h1-9H,10,18H2. The maximum Gasteiger partial charge on any atom is 0.123 e. The molecule has 1 heterocycles. The first kappa shape index (κ1) is 13.1. The minimum Gasteiger partial charge on any atom is -0.326 e.